The van der Waals surface area contributed by atoms with Crippen molar-refractivity contribution >= 4 is 17.6 Å². The summed E-state index contributed by atoms with van der Waals surface area (Å²) < 4.78 is 12.9. The number of carbonyl (C=O) groups is 2. The third kappa shape index (κ3) is 3.21. The third-order valence-corrected chi connectivity index (χ3v) is 3.08. The molecule has 1 aromatic rings. The molecule has 1 aromatic carbocycles. The number of aliphatic carboxylic acids is 1. The lowest BCUT2D eigenvalue weighted by molar-refractivity contribution is -0.139. The number of hydrogen-bond donors (Lipinski definition) is 2. The van der Waals surface area contributed by atoms with Gasteiger partial charge in [0.2, 0.25) is 5.91 Å². The van der Waals surface area contributed by atoms with E-state index in [4.69, 9.17) is 5.11 Å². The second-order valence-electron chi connectivity index (χ2n) is 4.43. The summed E-state index contributed by atoms with van der Waals surface area (Å²) in [5.74, 6) is -1.70. The van der Waals surface area contributed by atoms with E-state index >= 15 is 0 Å². The van der Waals surface area contributed by atoms with Crippen LogP contribution < -0.4 is 10.2 Å². The highest BCUT2D eigenvalue weighted by Gasteiger charge is 2.30. The number of carboxylic acids is 1. The maximum absolute atomic E-state index is 12.9. The van der Waals surface area contributed by atoms with E-state index in [0.29, 0.717) is 18.8 Å². The number of halogens is 1. The predicted molar refractivity (Wildman–Crippen MR) is 67.4 cm³/mol. The van der Waals surface area contributed by atoms with Gasteiger partial charge in [0.05, 0.1) is 6.42 Å². The van der Waals surface area contributed by atoms with Crippen LogP contribution in [0.5, 0.6) is 0 Å². The minimum atomic E-state index is -1.03. The van der Waals surface area contributed by atoms with Gasteiger partial charge in [-0.15, -0.1) is 0 Å². The molecule has 1 aliphatic heterocycles. The van der Waals surface area contributed by atoms with Crippen LogP contribution in [0.2, 0.25) is 0 Å². The predicted octanol–water partition coefficient (Wildman–Crippen LogP) is 0.995. The topological polar surface area (TPSA) is 69.6 Å². The zero-order valence-corrected chi connectivity index (χ0v) is 10.3. The first kappa shape index (κ1) is 13.3. The molecule has 1 unspecified atom stereocenters. The van der Waals surface area contributed by atoms with E-state index in [0.717, 1.165) is 6.42 Å². The number of nitrogens with zero attached hydrogens (tertiary/aromatic N) is 1. The summed E-state index contributed by atoms with van der Waals surface area (Å²) in [6, 6.07) is 4.96. The summed E-state index contributed by atoms with van der Waals surface area (Å²) in [7, 11) is 0. The first-order valence-electron chi connectivity index (χ1n) is 6.09. The number of carboxylic acid groups (broad SMARTS) is 1. The van der Waals surface area contributed by atoms with Crippen molar-refractivity contribution < 1.29 is 19.1 Å². The van der Waals surface area contributed by atoms with Crippen LogP contribution in [0.3, 0.4) is 0 Å². The van der Waals surface area contributed by atoms with E-state index in [2.05, 4.69) is 5.32 Å². The number of amides is 1. The first-order valence-corrected chi connectivity index (χ1v) is 6.09. The van der Waals surface area contributed by atoms with Gasteiger partial charge >= 0.3 is 5.97 Å². The molecule has 2 rings (SSSR count). The molecule has 102 valence electrons. The number of nitrogens with one attached hydrogen (secondary N) is 1. The van der Waals surface area contributed by atoms with Crippen molar-refractivity contribution in [2.75, 3.05) is 18.0 Å². The van der Waals surface area contributed by atoms with E-state index in [9.17, 15) is 14.0 Å². The molecular formula is C13H15FN2O3. The Bertz CT molecular complexity index is 475. The van der Waals surface area contributed by atoms with E-state index in [-0.39, 0.29) is 18.1 Å². The molecule has 1 aliphatic rings. The highest BCUT2D eigenvalue weighted by molar-refractivity contribution is 5.89. The Balaban J connectivity index is 2.29. The normalized spacial score (nSPS) is 19.7. The van der Waals surface area contributed by atoms with Crippen LogP contribution in [-0.4, -0.2) is 36.1 Å². The zero-order chi connectivity index (χ0) is 13.8. The number of rotatable bonds is 3. The number of benzene rings is 1. The molecule has 2 N–H and O–H groups in total. The highest BCUT2D eigenvalue weighted by atomic mass is 19.1. The van der Waals surface area contributed by atoms with Crippen molar-refractivity contribution in [1.82, 2.24) is 5.32 Å². The fraction of sp³-hybridized carbons (Fsp3) is 0.385. The number of anilines is 1. The van der Waals surface area contributed by atoms with Gasteiger partial charge in [0.1, 0.15) is 11.9 Å². The minimum Gasteiger partial charge on any atom is -0.481 e. The molecule has 0 radical (unpaired) electrons. The standard InChI is InChI=1S/C13H15FN2O3/c14-9-2-4-10(5-3-9)16-7-1-6-15-13(19)11(16)8-12(17)18/h2-5,11H,1,6-8H2,(H,15,19)(H,17,18). The van der Waals surface area contributed by atoms with Gasteiger partial charge in [0, 0.05) is 18.8 Å². The Morgan fingerprint density at radius 2 is 2.11 bits per heavy atom. The molecule has 5 nitrogen and oxygen atoms in total. The second-order valence-corrected chi connectivity index (χ2v) is 4.43. The maximum atomic E-state index is 12.9. The molecule has 19 heavy (non-hydrogen) atoms. The summed E-state index contributed by atoms with van der Waals surface area (Å²) in [6.45, 7) is 1.08. The second kappa shape index (κ2) is 5.69. The number of hydrogen-bond acceptors (Lipinski definition) is 3. The lowest BCUT2D eigenvalue weighted by atomic mass is 10.1. The van der Waals surface area contributed by atoms with Gasteiger partial charge in [-0.05, 0) is 30.7 Å². The fourth-order valence-corrected chi connectivity index (χ4v) is 2.19. The molecule has 0 aliphatic carbocycles. The average Bonchev–Trinajstić information content (AvgIpc) is 2.54. The molecule has 1 fully saturated rings. The van der Waals surface area contributed by atoms with E-state index in [1.165, 1.54) is 12.1 Å². The molecular weight excluding hydrogens is 251 g/mol. The highest BCUT2D eigenvalue weighted by Crippen LogP contribution is 2.21. The Kier molecular flexibility index (Phi) is 3.99. The molecule has 0 spiro atoms. The zero-order valence-electron chi connectivity index (χ0n) is 10.3. The molecule has 1 amide bonds. The van der Waals surface area contributed by atoms with Gasteiger partial charge in [-0.2, -0.15) is 0 Å². The van der Waals surface area contributed by atoms with Gasteiger partial charge in [0.15, 0.2) is 0 Å². The Labute approximate surface area is 110 Å². The Morgan fingerprint density at radius 1 is 1.42 bits per heavy atom. The Hall–Kier alpha value is -2.11. The van der Waals surface area contributed by atoms with Gasteiger partial charge in [-0.3, -0.25) is 9.59 Å². The average molecular weight is 266 g/mol. The molecule has 1 atom stereocenters. The smallest absolute Gasteiger partial charge is 0.305 e. The van der Waals surface area contributed by atoms with Gasteiger partial charge in [-0.1, -0.05) is 0 Å². The van der Waals surface area contributed by atoms with Crippen LogP contribution in [0, 0.1) is 5.82 Å². The largest absolute Gasteiger partial charge is 0.481 e. The molecule has 1 heterocycles. The van der Waals surface area contributed by atoms with E-state index in [1.807, 2.05) is 0 Å². The summed E-state index contributed by atoms with van der Waals surface area (Å²) in [6.07, 6.45) is 0.447. The van der Waals surface area contributed by atoms with Crippen molar-refractivity contribution in [1.29, 1.82) is 0 Å². The summed E-state index contributed by atoms with van der Waals surface area (Å²) >= 11 is 0. The number of carbonyl (C=O) groups excluding carboxylic acids is 1. The van der Waals surface area contributed by atoms with Crippen LogP contribution in [0.25, 0.3) is 0 Å². The summed E-state index contributed by atoms with van der Waals surface area (Å²) in [5.41, 5.74) is 0.657. The van der Waals surface area contributed by atoms with Crippen molar-refractivity contribution in [3.63, 3.8) is 0 Å². The third-order valence-electron chi connectivity index (χ3n) is 3.08. The molecule has 6 heteroatoms. The molecule has 1 saturated heterocycles. The van der Waals surface area contributed by atoms with Crippen molar-refractivity contribution in [3.8, 4) is 0 Å². The molecule has 0 saturated carbocycles. The lowest BCUT2D eigenvalue weighted by Crippen LogP contribution is -2.45. The maximum Gasteiger partial charge on any atom is 0.305 e. The van der Waals surface area contributed by atoms with Crippen LogP contribution in [0.4, 0.5) is 10.1 Å². The van der Waals surface area contributed by atoms with Crippen molar-refractivity contribution in [2.24, 2.45) is 0 Å². The first-order chi connectivity index (χ1) is 9.08. The van der Waals surface area contributed by atoms with Crippen LogP contribution in [0.1, 0.15) is 12.8 Å². The van der Waals surface area contributed by atoms with Gasteiger partial charge < -0.3 is 15.3 Å². The monoisotopic (exact) mass is 266 g/mol. The van der Waals surface area contributed by atoms with E-state index < -0.39 is 12.0 Å². The Morgan fingerprint density at radius 3 is 2.74 bits per heavy atom. The van der Waals surface area contributed by atoms with Gasteiger partial charge in [0.25, 0.3) is 0 Å². The SMILES string of the molecule is O=C(O)CC1C(=O)NCCCN1c1ccc(F)cc1. The van der Waals surface area contributed by atoms with Crippen LogP contribution in [0.15, 0.2) is 24.3 Å². The quantitative estimate of drug-likeness (QED) is 0.856. The molecule has 0 aromatic heterocycles. The van der Waals surface area contributed by atoms with Crippen LogP contribution in [-0.2, 0) is 9.59 Å². The lowest BCUT2D eigenvalue weighted by Gasteiger charge is -2.29. The molecule has 0 bridgehead atoms. The summed E-state index contributed by atoms with van der Waals surface area (Å²) in [4.78, 5) is 24.5. The van der Waals surface area contributed by atoms with E-state index in [1.54, 1.807) is 17.0 Å². The fourth-order valence-electron chi connectivity index (χ4n) is 2.19. The summed E-state index contributed by atoms with van der Waals surface area (Å²) in [5, 5.41) is 11.6. The van der Waals surface area contributed by atoms with Crippen molar-refractivity contribution in [3.05, 3.63) is 30.1 Å². The van der Waals surface area contributed by atoms with Crippen LogP contribution >= 0.6 is 0 Å². The van der Waals surface area contributed by atoms with Crippen molar-refractivity contribution in [2.45, 2.75) is 18.9 Å². The van der Waals surface area contributed by atoms with Gasteiger partial charge in [-0.25, -0.2) is 4.39 Å². The minimum absolute atomic E-state index is 0.275.